The summed E-state index contributed by atoms with van der Waals surface area (Å²) in [5.41, 5.74) is 6.40. The topological polar surface area (TPSA) is 102 Å². The molecule has 1 aliphatic carbocycles. The van der Waals surface area contributed by atoms with Crippen molar-refractivity contribution in [3.8, 4) is 0 Å². The van der Waals surface area contributed by atoms with E-state index in [0.717, 1.165) is 37.7 Å². The van der Waals surface area contributed by atoms with Crippen molar-refractivity contribution < 1.29 is 14.3 Å². The summed E-state index contributed by atoms with van der Waals surface area (Å²) in [4.78, 5) is 25.8. The van der Waals surface area contributed by atoms with Gasteiger partial charge in [-0.2, -0.15) is 0 Å². The number of hydrogen-bond acceptors (Lipinski definition) is 6. The predicted octanol–water partition coefficient (Wildman–Crippen LogP) is 1.24. The Kier molecular flexibility index (Phi) is 7.89. The Morgan fingerprint density at radius 2 is 1.84 bits per heavy atom. The molecule has 2 unspecified atom stereocenters. The number of rotatable bonds is 5. The average Bonchev–Trinajstić information content (AvgIpc) is 3.24. The zero-order valence-corrected chi connectivity index (χ0v) is 16.2. The number of nitrogens with two attached hydrogens (primary N) is 2. The Hall–Kier alpha value is -1.60. The summed E-state index contributed by atoms with van der Waals surface area (Å²) in [6.07, 6.45) is 6.32. The first-order valence-electron chi connectivity index (χ1n) is 8.83. The Morgan fingerprint density at radius 1 is 1.28 bits per heavy atom. The van der Waals surface area contributed by atoms with E-state index in [-0.39, 0.29) is 17.4 Å². The molecule has 25 heavy (non-hydrogen) atoms. The van der Waals surface area contributed by atoms with Crippen molar-refractivity contribution in [1.29, 1.82) is 0 Å². The molecule has 1 amide bonds. The Labute approximate surface area is 151 Å². The Balaban J connectivity index is 0.000000970. The maximum Gasteiger partial charge on any atom is 0.247 e. The summed E-state index contributed by atoms with van der Waals surface area (Å²) >= 11 is 0. The summed E-state index contributed by atoms with van der Waals surface area (Å²) in [5.74, 6) is 6.47. The van der Waals surface area contributed by atoms with Gasteiger partial charge < -0.3 is 25.2 Å². The highest BCUT2D eigenvalue weighted by atomic mass is 16.4. The lowest BCUT2D eigenvalue weighted by molar-refractivity contribution is -0.142. The molecule has 1 saturated heterocycles. The molecule has 144 valence electrons. The van der Waals surface area contributed by atoms with Crippen molar-refractivity contribution in [2.75, 3.05) is 20.8 Å². The second-order valence-electron chi connectivity index (χ2n) is 7.90. The van der Waals surface area contributed by atoms with Gasteiger partial charge in [-0.05, 0) is 31.1 Å². The first-order chi connectivity index (χ1) is 11.7. The zero-order chi connectivity index (χ0) is 19.2. The fourth-order valence-electron chi connectivity index (χ4n) is 3.08. The van der Waals surface area contributed by atoms with Gasteiger partial charge in [0.25, 0.3) is 0 Å². The number of nitrogens with zero attached hydrogens (tertiary/aromatic N) is 2. The highest BCUT2D eigenvalue weighted by molar-refractivity contribution is 5.85. The number of amides is 1. The number of carbonyl (C=O) groups is 2. The third kappa shape index (κ3) is 6.01. The van der Waals surface area contributed by atoms with Crippen molar-refractivity contribution in [1.82, 2.24) is 9.91 Å². The Bertz CT molecular complexity index is 483. The zero-order valence-electron chi connectivity index (χ0n) is 16.2. The number of aldehydes is 1. The summed E-state index contributed by atoms with van der Waals surface area (Å²) in [6.45, 7) is 6.54. The normalized spacial score (nSPS) is 22.1. The molecule has 0 radical (unpaired) electrons. The summed E-state index contributed by atoms with van der Waals surface area (Å²) in [6, 6.07) is -0.860. The minimum atomic E-state index is -0.537. The van der Waals surface area contributed by atoms with Crippen molar-refractivity contribution in [3.63, 3.8) is 0 Å². The van der Waals surface area contributed by atoms with E-state index in [1.807, 2.05) is 20.8 Å². The number of hydrogen-bond donors (Lipinski definition) is 2. The fourth-order valence-corrected chi connectivity index (χ4v) is 3.08. The van der Waals surface area contributed by atoms with Gasteiger partial charge in [0, 0.05) is 38.6 Å². The molecule has 7 heteroatoms. The van der Waals surface area contributed by atoms with Crippen molar-refractivity contribution in [2.24, 2.45) is 22.9 Å². The van der Waals surface area contributed by atoms with Crippen molar-refractivity contribution in [2.45, 2.75) is 58.5 Å². The molecule has 7 nitrogen and oxygen atoms in total. The maximum atomic E-state index is 12.9. The molecule has 1 saturated carbocycles. The minimum Gasteiger partial charge on any atom is -0.401 e. The fraction of sp³-hybridized carbons (Fsp3) is 0.778. The predicted molar refractivity (Wildman–Crippen MR) is 98.0 cm³/mol. The molecule has 0 aromatic heterocycles. The largest absolute Gasteiger partial charge is 0.401 e. The quantitative estimate of drug-likeness (QED) is 0.437. The first kappa shape index (κ1) is 21.4. The van der Waals surface area contributed by atoms with Crippen LogP contribution >= 0.6 is 0 Å². The van der Waals surface area contributed by atoms with Gasteiger partial charge in [0.1, 0.15) is 12.3 Å². The van der Waals surface area contributed by atoms with E-state index in [0.29, 0.717) is 12.5 Å². The van der Waals surface area contributed by atoms with Crippen LogP contribution in [0.4, 0.5) is 0 Å². The monoisotopic (exact) mass is 354 g/mol. The van der Waals surface area contributed by atoms with E-state index in [4.69, 9.17) is 11.6 Å². The number of allylic oxidation sites excluding steroid dienone is 1. The lowest BCUT2D eigenvalue weighted by Crippen LogP contribution is -2.56. The van der Waals surface area contributed by atoms with Crippen LogP contribution in [0.3, 0.4) is 0 Å². The highest BCUT2D eigenvalue weighted by Gasteiger charge is 2.41. The van der Waals surface area contributed by atoms with Gasteiger partial charge in [0.15, 0.2) is 0 Å². The number of methoxy groups -OCH3 is 1. The molecule has 0 bridgehead atoms. The molecule has 2 rings (SSSR count). The van der Waals surface area contributed by atoms with Crippen molar-refractivity contribution in [3.05, 3.63) is 11.9 Å². The molecule has 0 aromatic rings. The van der Waals surface area contributed by atoms with Gasteiger partial charge in [0.2, 0.25) is 5.91 Å². The molecule has 1 heterocycles. The minimum absolute atomic E-state index is 0.0931. The second-order valence-corrected chi connectivity index (χ2v) is 7.90. The van der Waals surface area contributed by atoms with Crippen LogP contribution in [-0.4, -0.2) is 55.0 Å². The summed E-state index contributed by atoms with van der Waals surface area (Å²) in [5, 5.41) is 1.44. The molecule has 2 fully saturated rings. The molecular weight excluding hydrogens is 320 g/mol. The maximum absolute atomic E-state index is 12.9. The van der Waals surface area contributed by atoms with Crippen LogP contribution in [0.2, 0.25) is 0 Å². The van der Waals surface area contributed by atoms with Crippen LogP contribution < -0.4 is 11.6 Å². The third-order valence-electron chi connectivity index (χ3n) is 4.44. The van der Waals surface area contributed by atoms with Crippen LogP contribution in [0.5, 0.6) is 0 Å². The van der Waals surface area contributed by atoms with Crippen molar-refractivity contribution >= 4 is 12.2 Å². The van der Waals surface area contributed by atoms with E-state index in [1.165, 1.54) is 5.01 Å². The van der Waals surface area contributed by atoms with Gasteiger partial charge in [-0.3, -0.25) is 4.79 Å². The van der Waals surface area contributed by atoms with Gasteiger partial charge in [-0.1, -0.05) is 20.8 Å². The van der Waals surface area contributed by atoms with E-state index >= 15 is 0 Å². The van der Waals surface area contributed by atoms with Gasteiger partial charge in [-0.15, -0.1) is 0 Å². The van der Waals surface area contributed by atoms with Crippen LogP contribution in [0.25, 0.3) is 0 Å². The van der Waals surface area contributed by atoms with E-state index < -0.39 is 6.04 Å². The number of likely N-dealkylation sites (tertiary alicyclic amines) is 1. The SMILES string of the molecule is CC(C)(C)C(C(=O)N1CCCC1C=O)N(N)/C=C(\N)C1CC1.COC. The highest BCUT2D eigenvalue weighted by Crippen LogP contribution is 2.34. The van der Waals surface area contributed by atoms with Crippen LogP contribution in [-0.2, 0) is 14.3 Å². The first-order valence-corrected chi connectivity index (χ1v) is 8.83. The van der Waals surface area contributed by atoms with E-state index in [9.17, 15) is 9.59 Å². The van der Waals surface area contributed by atoms with E-state index in [1.54, 1.807) is 25.3 Å². The second kappa shape index (κ2) is 9.20. The average molecular weight is 354 g/mol. The third-order valence-corrected chi connectivity index (χ3v) is 4.44. The van der Waals surface area contributed by atoms with E-state index in [2.05, 4.69) is 4.74 Å². The molecule has 0 aromatic carbocycles. The number of hydrazine groups is 1. The molecular formula is C18H34N4O3. The molecule has 2 atom stereocenters. The van der Waals surface area contributed by atoms with Gasteiger partial charge in [-0.25, -0.2) is 5.84 Å². The molecule has 0 spiro atoms. The lowest BCUT2D eigenvalue weighted by Gasteiger charge is -2.39. The molecule has 1 aliphatic heterocycles. The number of carbonyl (C=O) groups excluding carboxylic acids is 2. The van der Waals surface area contributed by atoms with Crippen LogP contribution in [0, 0.1) is 11.3 Å². The van der Waals surface area contributed by atoms with Crippen LogP contribution in [0.1, 0.15) is 46.5 Å². The molecule has 4 N–H and O–H groups in total. The van der Waals surface area contributed by atoms with Gasteiger partial charge in [0.05, 0.1) is 6.04 Å². The summed E-state index contributed by atoms with van der Waals surface area (Å²) in [7, 11) is 3.25. The van der Waals surface area contributed by atoms with Crippen LogP contribution in [0.15, 0.2) is 11.9 Å². The lowest BCUT2D eigenvalue weighted by atomic mass is 9.85. The molecule has 2 aliphatic rings. The Morgan fingerprint density at radius 3 is 2.28 bits per heavy atom. The smallest absolute Gasteiger partial charge is 0.247 e. The standard InChI is InChI=1S/C16H28N4O2.C2H6O/c1-16(2,3)14(20(18)9-13(17)11-6-7-11)15(22)19-8-4-5-12(19)10-21;1-3-2/h9-12,14H,4-8,17-18H2,1-3H3;1-2H3/b13-9-;. The van der Waals surface area contributed by atoms with Gasteiger partial charge >= 0.3 is 0 Å². The summed E-state index contributed by atoms with van der Waals surface area (Å²) < 4.78 is 4.25. The number of ether oxygens (including phenoxy) is 1.